The molecular weight excluding hydrogens is 210 g/mol. The first kappa shape index (κ1) is 13.1. The smallest absolute Gasteiger partial charge is 0.351 e. The van der Waals surface area contributed by atoms with Crippen molar-refractivity contribution in [3.63, 3.8) is 0 Å². The fourth-order valence-corrected chi connectivity index (χ4v) is 1.29. The Morgan fingerprint density at radius 2 is 2.14 bits per heavy atom. The van der Waals surface area contributed by atoms with Gasteiger partial charge in [-0.2, -0.15) is 8.42 Å². The second-order valence-electron chi connectivity index (χ2n) is 2.94. The highest BCUT2D eigenvalue weighted by atomic mass is 32.2. The van der Waals surface area contributed by atoms with Crippen molar-refractivity contribution >= 4 is 16.1 Å². The van der Waals surface area contributed by atoms with Gasteiger partial charge in [-0.15, -0.1) is 5.48 Å². The van der Waals surface area contributed by atoms with E-state index in [9.17, 15) is 13.2 Å². The van der Waals surface area contributed by atoms with Gasteiger partial charge in [-0.1, -0.05) is 6.58 Å². The van der Waals surface area contributed by atoms with Gasteiger partial charge in [0.05, 0.1) is 11.8 Å². The first-order valence-electron chi connectivity index (χ1n) is 3.79. The van der Waals surface area contributed by atoms with Gasteiger partial charge in [0.15, 0.2) is 0 Å². The Morgan fingerprint density at radius 1 is 1.64 bits per heavy atom. The van der Waals surface area contributed by atoms with Crippen LogP contribution in [0.5, 0.6) is 0 Å². The van der Waals surface area contributed by atoms with Crippen LogP contribution in [0.25, 0.3) is 0 Å². The van der Waals surface area contributed by atoms with Crippen LogP contribution in [0.1, 0.15) is 13.8 Å². The summed E-state index contributed by atoms with van der Waals surface area (Å²) in [6.07, 6.45) is 0. The number of nitrogens with one attached hydrogen (secondary N) is 1. The zero-order valence-electron chi connectivity index (χ0n) is 7.98. The van der Waals surface area contributed by atoms with Crippen molar-refractivity contribution in [2.24, 2.45) is 0 Å². The molecule has 0 saturated heterocycles. The largest absolute Gasteiger partial charge is 0.367 e. The molecule has 7 heteroatoms. The second kappa shape index (κ2) is 5.08. The summed E-state index contributed by atoms with van der Waals surface area (Å²) in [6, 6.07) is -0.687. The number of hydrogen-bond donors (Lipinski definition) is 2. The lowest BCUT2D eigenvalue weighted by Crippen LogP contribution is -2.34. The summed E-state index contributed by atoms with van der Waals surface area (Å²) >= 11 is 0. The van der Waals surface area contributed by atoms with E-state index < -0.39 is 27.9 Å². The van der Waals surface area contributed by atoms with E-state index in [-0.39, 0.29) is 5.57 Å². The van der Waals surface area contributed by atoms with Crippen LogP contribution in [0, 0.1) is 0 Å². The molecule has 0 heterocycles. The average Bonchev–Trinajstić information content (AvgIpc) is 1.96. The molecule has 0 aliphatic heterocycles. The van der Waals surface area contributed by atoms with Gasteiger partial charge < -0.3 is 4.84 Å². The van der Waals surface area contributed by atoms with Crippen LogP contribution in [-0.2, 0) is 19.8 Å². The van der Waals surface area contributed by atoms with Gasteiger partial charge in [0.1, 0.15) is 0 Å². The second-order valence-corrected chi connectivity index (χ2v) is 4.43. The van der Waals surface area contributed by atoms with Gasteiger partial charge in [-0.25, -0.2) is 4.79 Å². The molecule has 0 radical (unpaired) electrons. The van der Waals surface area contributed by atoms with E-state index in [4.69, 9.17) is 4.55 Å². The van der Waals surface area contributed by atoms with Crippen LogP contribution in [-0.4, -0.2) is 30.7 Å². The van der Waals surface area contributed by atoms with Gasteiger partial charge >= 0.3 is 5.97 Å². The monoisotopic (exact) mass is 223 g/mol. The van der Waals surface area contributed by atoms with Crippen molar-refractivity contribution in [1.29, 1.82) is 0 Å². The Balaban J connectivity index is 3.92. The molecular formula is C7H13NO5S. The van der Waals surface area contributed by atoms with E-state index in [1.165, 1.54) is 13.8 Å². The number of hydroxylamine groups is 1. The molecule has 0 aromatic rings. The third-order valence-electron chi connectivity index (χ3n) is 1.16. The topological polar surface area (TPSA) is 92.7 Å². The van der Waals surface area contributed by atoms with Gasteiger partial charge in [-0.05, 0) is 13.8 Å². The predicted molar refractivity (Wildman–Crippen MR) is 49.9 cm³/mol. The van der Waals surface area contributed by atoms with Crippen molar-refractivity contribution in [2.75, 3.05) is 5.75 Å². The van der Waals surface area contributed by atoms with E-state index in [1.54, 1.807) is 0 Å². The third-order valence-corrected chi connectivity index (χ3v) is 2.08. The predicted octanol–water partition coefficient (Wildman–Crippen LogP) is -0.113. The number of rotatable bonds is 5. The van der Waals surface area contributed by atoms with E-state index in [0.29, 0.717) is 0 Å². The highest BCUT2D eigenvalue weighted by Crippen LogP contribution is 1.93. The van der Waals surface area contributed by atoms with Crippen molar-refractivity contribution in [1.82, 2.24) is 5.48 Å². The molecule has 0 aromatic heterocycles. The van der Waals surface area contributed by atoms with Crippen LogP contribution in [0.4, 0.5) is 0 Å². The molecule has 0 rings (SSSR count). The first-order chi connectivity index (χ1) is 6.22. The minimum Gasteiger partial charge on any atom is -0.367 e. The standard InChI is InChI=1S/C7H13NO5S/c1-5(2)7(9)13-8-6(3)4-14(10,11)12/h6,8H,1,4H2,2-3H3,(H,10,11,12). The van der Waals surface area contributed by atoms with Gasteiger partial charge in [0.2, 0.25) is 0 Å². The van der Waals surface area contributed by atoms with E-state index in [0.717, 1.165) is 0 Å². The number of carbonyl (C=O) groups is 1. The molecule has 0 saturated carbocycles. The third kappa shape index (κ3) is 6.58. The molecule has 82 valence electrons. The molecule has 6 nitrogen and oxygen atoms in total. The Bertz CT molecular complexity index is 321. The molecule has 1 unspecified atom stereocenters. The Kier molecular flexibility index (Phi) is 4.75. The van der Waals surface area contributed by atoms with Crippen molar-refractivity contribution in [2.45, 2.75) is 19.9 Å². The Morgan fingerprint density at radius 3 is 2.50 bits per heavy atom. The van der Waals surface area contributed by atoms with Crippen LogP contribution in [0.3, 0.4) is 0 Å². The van der Waals surface area contributed by atoms with Crippen molar-refractivity contribution in [3.8, 4) is 0 Å². The zero-order valence-corrected chi connectivity index (χ0v) is 8.80. The summed E-state index contributed by atoms with van der Waals surface area (Å²) in [5.41, 5.74) is 2.36. The SMILES string of the molecule is C=C(C)C(=O)ONC(C)CS(=O)(=O)O. The van der Waals surface area contributed by atoms with Crippen LogP contribution >= 0.6 is 0 Å². The fraction of sp³-hybridized carbons (Fsp3) is 0.571. The molecule has 0 fully saturated rings. The molecule has 0 spiro atoms. The summed E-state index contributed by atoms with van der Waals surface area (Å²) in [5.74, 6) is -1.21. The maximum Gasteiger partial charge on any atom is 0.351 e. The van der Waals surface area contributed by atoms with Gasteiger partial charge in [0, 0.05) is 5.57 Å². The van der Waals surface area contributed by atoms with E-state index in [1.807, 2.05) is 0 Å². The highest BCUT2D eigenvalue weighted by molar-refractivity contribution is 7.85. The minimum atomic E-state index is -4.07. The number of carbonyl (C=O) groups excluding carboxylic acids is 1. The Hall–Kier alpha value is -0.920. The first-order valence-corrected chi connectivity index (χ1v) is 5.40. The lowest BCUT2D eigenvalue weighted by Gasteiger charge is -2.11. The lowest BCUT2D eigenvalue weighted by molar-refractivity contribution is -0.147. The summed E-state index contributed by atoms with van der Waals surface area (Å²) < 4.78 is 29.2. The minimum absolute atomic E-state index is 0.191. The molecule has 0 aliphatic rings. The van der Waals surface area contributed by atoms with Gasteiger partial charge in [-0.3, -0.25) is 4.55 Å². The Labute approximate surface area is 82.6 Å². The molecule has 0 amide bonds. The molecule has 1 atom stereocenters. The average molecular weight is 223 g/mol. The van der Waals surface area contributed by atoms with E-state index >= 15 is 0 Å². The molecule has 0 bridgehead atoms. The van der Waals surface area contributed by atoms with Gasteiger partial charge in [0.25, 0.3) is 10.1 Å². The van der Waals surface area contributed by atoms with Crippen LogP contribution < -0.4 is 5.48 Å². The summed E-state index contributed by atoms with van der Waals surface area (Å²) in [5, 5.41) is 0. The lowest BCUT2D eigenvalue weighted by atomic mass is 10.4. The van der Waals surface area contributed by atoms with Crippen LogP contribution in [0.15, 0.2) is 12.2 Å². The van der Waals surface area contributed by atoms with Crippen LogP contribution in [0.2, 0.25) is 0 Å². The maximum atomic E-state index is 10.8. The number of hydrogen-bond acceptors (Lipinski definition) is 5. The zero-order chi connectivity index (χ0) is 11.4. The maximum absolute atomic E-state index is 10.8. The summed E-state index contributed by atoms with van der Waals surface area (Å²) in [4.78, 5) is 15.3. The van der Waals surface area contributed by atoms with Crippen molar-refractivity contribution < 1.29 is 22.6 Å². The summed E-state index contributed by atoms with van der Waals surface area (Å²) in [6.45, 7) is 6.23. The normalized spacial score (nSPS) is 13.4. The molecule has 14 heavy (non-hydrogen) atoms. The molecule has 2 N–H and O–H groups in total. The highest BCUT2D eigenvalue weighted by Gasteiger charge is 2.13. The summed E-state index contributed by atoms with van der Waals surface area (Å²) in [7, 11) is -4.07. The molecule has 0 aromatic carbocycles. The quantitative estimate of drug-likeness (QED) is 0.383. The van der Waals surface area contributed by atoms with E-state index in [2.05, 4.69) is 16.9 Å². The fourth-order valence-electron chi connectivity index (χ4n) is 0.591. The van der Waals surface area contributed by atoms with Crippen molar-refractivity contribution in [3.05, 3.63) is 12.2 Å². The molecule has 0 aliphatic carbocycles.